The molecule has 7 aromatic rings. The van der Waals surface area contributed by atoms with Gasteiger partial charge in [0.1, 0.15) is 0 Å². The van der Waals surface area contributed by atoms with Crippen LogP contribution in [0.3, 0.4) is 0 Å². The van der Waals surface area contributed by atoms with Crippen molar-refractivity contribution in [3.8, 4) is 0 Å². The standard InChI is InChI=1S/C38H38N4O/c1-4-42-36-16-10-7-13-32(36)33-23-27(17-18-37(33)42)38(43)39-20-19-26(21-28-24-40(2)34-14-8-5-11-30(28)34)22-29-25-41(3)35-15-9-6-12-31(29)35/h5-18,23-26H,4,19-22H2,1-3H3,(H,39,43). The maximum atomic E-state index is 13.4. The summed E-state index contributed by atoms with van der Waals surface area (Å²) in [6.07, 6.45) is 7.38. The average molecular weight is 567 g/mol. The van der Waals surface area contributed by atoms with Gasteiger partial charge in [-0.2, -0.15) is 0 Å². The fourth-order valence-electron chi connectivity index (χ4n) is 7.10. The predicted molar refractivity (Wildman–Crippen MR) is 179 cm³/mol. The van der Waals surface area contributed by atoms with Crippen molar-refractivity contribution in [3.63, 3.8) is 0 Å². The molecule has 43 heavy (non-hydrogen) atoms. The van der Waals surface area contributed by atoms with Gasteiger partial charge in [0.25, 0.3) is 5.91 Å². The van der Waals surface area contributed by atoms with Crippen LogP contribution in [0.15, 0.2) is 103 Å². The first-order valence-corrected chi connectivity index (χ1v) is 15.4. The lowest BCUT2D eigenvalue weighted by Gasteiger charge is -2.17. The molecule has 0 aliphatic heterocycles. The number of carbonyl (C=O) groups excluding carboxylic acids is 1. The zero-order chi connectivity index (χ0) is 29.5. The number of rotatable bonds is 9. The van der Waals surface area contributed by atoms with Gasteiger partial charge in [-0.15, -0.1) is 0 Å². The van der Waals surface area contributed by atoms with Crippen LogP contribution in [0.25, 0.3) is 43.6 Å². The molecule has 0 saturated heterocycles. The van der Waals surface area contributed by atoms with Gasteiger partial charge in [0.15, 0.2) is 0 Å². The van der Waals surface area contributed by atoms with Gasteiger partial charge in [-0.1, -0.05) is 54.6 Å². The number of fused-ring (bicyclic) bond motifs is 5. The zero-order valence-electron chi connectivity index (χ0n) is 25.2. The first-order valence-electron chi connectivity index (χ1n) is 15.4. The summed E-state index contributed by atoms with van der Waals surface area (Å²) < 4.78 is 6.78. The Morgan fingerprint density at radius 3 is 1.81 bits per heavy atom. The van der Waals surface area contributed by atoms with E-state index in [1.807, 2.05) is 6.07 Å². The number of para-hydroxylation sites is 3. The van der Waals surface area contributed by atoms with Crippen molar-refractivity contribution >= 4 is 49.5 Å². The molecule has 5 heteroatoms. The van der Waals surface area contributed by atoms with Crippen LogP contribution in [0.2, 0.25) is 0 Å². The maximum absolute atomic E-state index is 13.4. The first-order chi connectivity index (χ1) is 21.0. The molecule has 0 aliphatic rings. The summed E-state index contributed by atoms with van der Waals surface area (Å²) in [5.74, 6) is 0.367. The van der Waals surface area contributed by atoms with E-state index in [-0.39, 0.29) is 5.91 Å². The van der Waals surface area contributed by atoms with Crippen molar-refractivity contribution in [3.05, 3.63) is 120 Å². The summed E-state index contributed by atoms with van der Waals surface area (Å²) >= 11 is 0. The number of hydrogen-bond acceptors (Lipinski definition) is 1. The van der Waals surface area contributed by atoms with E-state index in [1.165, 1.54) is 49.4 Å². The normalized spacial score (nSPS) is 11.9. The van der Waals surface area contributed by atoms with Crippen molar-refractivity contribution in [2.45, 2.75) is 32.7 Å². The Balaban J connectivity index is 1.13. The number of aryl methyl sites for hydroxylation is 3. The maximum Gasteiger partial charge on any atom is 0.251 e. The fraction of sp³-hybridized carbons (Fsp3) is 0.237. The van der Waals surface area contributed by atoms with E-state index in [0.29, 0.717) is 18.0 Å². The van der Waals surface area contributed by atoms with E-state index in [0.717, 1.165) is 31.2 Å². The summed E-state index contributed by atoms with van der Waals surface area (Å²) in [6.45, 7) is 3.69. The highest BCUT2D eigenvalue weighted by molar-refractivity contribution is 6.10. The van der Waals surface area contributed by atoms with E-state index in [4.69, 9.17) is 0 Å². The molecule has 3 heterocycles. The molecule has 1 N–H and O–H groups in total. The van der Waals surface area contributed by atoms with E-state index in [9.17, 15) is 4.79 Å². The molecule has 0 fully saturated rings. The number of nitrogens with one attached hydrogen (secondary N) is 1. The number of nitrogens with zero attached hydrogens (tertiary/aromatic N) is 3. The zero-order valence-corrected chi connectivity index (χ0v) is 25.2. The molecule has 0 saturated carbocycles. The lowest BCUT2D eigenvalue weighted by molar-refractivity contribution is 0.0951. The van der Waals surface area contributed by atoms with Crippen LogP contribution >= 0.6 is 0 Å². The minimum atomic E-state index is -0.00991. The van der Waals surface area contributed by atoms with Gasteiger partial charge in [0.05, 0.1) is 0 Å². The molecule has 3 aromatic heterocycles. The van der Waals surface area contributed by atoms with Crippen LogP contribution in [0.1, 0.15) is 34.8 Å². The molecule has 216 valence electrons. The molecule has 0 aliphatic carbocycles. The predicted octanol–water partition coefficient (Wildman–Crippen LogP) is 8.02. The Morgan fingerprint density at radius 1 is 0.674 bits per heavy atom. The van der Waals surface area contributed by atoms with Crippen LogP contribution < -0.4 is 5.32 Å². The molecular formula is C38H38N4O. The van der Waals surface area contributed by atoms with Gasteiger partial charge in [-0.25, -0.2) is 0 Å². The van der Waals surface area contributed by atoms with Gasteiger partial charge in [-0.3, -0.25) is 4.79 Å². The summed E-state index contributed by atoms with van der Waals surface area (Å²) in [5, 5.41) is 8.22. The molecule has 5 nitrogen and oxygen atoms in total. The Labute approximate surface area is 252 Å². The fourth-order valence-corrected chi connectivity index (χ4v) is 7.10. The van der Waals surface area contributed by atoms with Gasteiger partial charge < -0.3 is 19.0 Å². The molecule has 1 amide bonds. The Hall–Kier alpha value is -4.77. The Bertz CT molecular complexity index is 2030. The SMILES string of the molecule is CCn1c2ccccc2c2cc(C(=O)NCCC(Cc3cn(C)c4ccccc34)Cc3cn(C)c4ccccc34)ccc21. The summed E-state index contributed by atoms with van der Waals surface area (Å²) in [5.41, 5.74) is 8.35. The van der Waals surface area contributed by atoms with Gasteiger partial charge in [0, 0.05) is 88.8 Å². The van der Waals surface area contributed by atoms with Crippen LogP contribution in [-0.4, -0.2) is 26.2 Å². The quantitative estimate of drug-likeness (QED) is 0.189. The summed E-state index contributed by atoms with van der Waals surface area (Å²) in [4.78, 5) is 13.4. The molecule has 0 bridgehead atoms. The second kappa shape index (κ2) is 11.1. The minimum absolute atomic E-state index is 0.00991. The Kier molecular flexibility index (Phi) is 7.02. The second-order valence-electron chi connectivity index (χ2n) is 11.9. The van der Waals surface area contributed by atoms with E-state index in [1.54, 1.807) is 0 Å². The van der Waals surface area contributed by atoms with Crippen LogP contribution in [0.5, 0.6) is 0 Å². The molecule has 0 atom stereocenters. The highest BCUT2D eigenvalue weighted by atomic mass is 16.1. The third-order valence-corrected chi connectivity index (χ3v) is 9.17. The van der Waals surface area contributed by atoms with Crippen molar-refractivity contribution < 1.29 is 4.79 Å². The highest BCUT2D eigenvalue weighted by Crippen LogP contribution is 2.31. The summed E-state index contributed by atoms with van der Waals surface area (Å²) in [6, 6.07) is 31.9. The van der Waals surface area contributed by atoms with Crippen LogP contribution in [-0.2, 0) is 33.5 Å². The minimum Gasteiger partial charge on any atom is -0.352 e. The molecule has 4 aromatic carbocycles. The van der Waals surface area contributed by atoms with Crippen molar-refractivity contribution in [1.82, 2.24) is 19.0 Å². The third-order valence-electron chi connectivity index (χ3n) is 9.17. The lowest BCUT2D eigenvalue weighted by Crippen LogP contribution is -2.26. The topological polar surface area (TPSA) is 43.9 Å². The molecule has 7 rings (SSSR count). The Morgan fingerprint density at radius 2 is 1.21 bits per heavy atom. The van der Waals surface area contributed by atoms with E-state index >= 15 is 0 Å². The number of hydrogen-bond donors (Lipinski definition) is 1. The number of carbonyl (C=O) groups is 1. The second-order valence-corrected chi connectivity index (χ2v) is 11.9. The lowest BCUT2D eigenvalue weighted by atomic mass is 9.89. The molecule has 0 radical (unpaired) electrons. The largest absolute Gasteiger partial charge is 0.352 e. The van der Waals surface area contributed by atoms with Crippen molar-refractivity contribution in [2.75, 3.05) is 6.54 Å². The van der Waals surface area contributed by atoms with Gasteiger partial charge >= 0.3 is 0 Å². The average Bonchev–Trinajstić information content (AvgIpc) is 3.65. The van der Waals surface area contributed by atoms with Gasteiger partial charge in [0.2, 0.25) is 0 Å². The van der Waals surface area contributed by atoms with E-state index in [2.05, 4.69) is 137 Å². The molecular weight excluding hydrogens is 528 g/mol. The van der Waals surface area contributed by atoms with Crippen molar-refractivity contribution in [1.29, 1.82) is 0 Å². The third kappa shape index (κ3) is 4.89. The summed E-state index contributed by atoms with van der Waals surface area (Å²) in [7, 11) is 4.25. The first kappa shape index (κ1) is 27.1. The smallest absolute Gasteiger partial charge is 0.251 e. The molecule has 0 unspecified atom stereocenters. The number of aromatic nitrogens is 3. The van der Waals surface area contributed by atoms with Gasteiger partial charge in [-0.05, 0) is 79.6 Å². The van der Waals surface area contributed by atoms with Crippen LogP contribution in [0, 0.1) is 5.92 Å². The van der Waals surface area contributed by atoms with Crippen molar-refractivity contribution in [2.24, 2.45) is 20.0 Å². The number of benzene rings is 4. The molecule has 0 spiro atoms. The van der Waals surface area contributed by atoms with E-state index < -0.39 is 0 Å². The van der Waals surface area contributed by atoms with Crippen LogP contribution in [0.4, 0.5) is 0 Å². The monoisotopic (exact) mass is 566 g/mol. The highest BCUT2D eigenvalue weighted by Gasteiger charge is 2.19. The number of amides is 1.